The van der Waals surface area contributed by atoms with E-state index < -0.39 is 0 Å². The van der Waals surface area contributed by atoms with Gasteiger partial charge in [-0.25, -0.2) is 0 Å². The lowest BCUT2D eigenvalue weighted by Gasteiger charge is -2.41. The van der Waals surface area contributed by atoms with E-state index in [4.69, 9.17) is 11.6 Å². The zero-order valence-corrected chi connectivity index (χ0v) is 13.1. The largest absolute Gasteiger partial charge is 0.310 e. The molecule has 1 N–H and O–H groups in total. The lowest BCUT2D eigenvalue weighted by molar-refractivity contribution is 0.130. The molecule has 0 heterocycles. The van der Waals surface area contributed by atoms with Crippen molar-refractivity contribution in [1.82, 2.24) is 5.32 Å². The van der Waals surface area contributed by atoms with E-state index in [1.54, 1.807) is 0 Å². The molecular weight excluding hydrogens is 254 g/mol. The molecule has 1 aliphatic carbocycles. The predicted molar refractivity (Wildman–Crippen MR) is 83.5 cm³/mol. The Balaban J connectivity index is 1.99. The number of halogens is 1. The molecule has 106 valence electrons. The smallest absolute Gasteiger partial charge is 0.0450 e. The summed E-state index contributed by atoms with van der Waals surface area (Å²) in [4.78, 5) is 0. The maximum absolute atomic E-state index is 6.23. The molecule has 1 nitrogen and oxygen atoms in total. The summed E-state index contributed by atoms with van der Waals surface area (Å²) in [6, 6.07) is 8.77. The number of hydrogen-bond donors (Lipinski definition) is 1. The number of hydrogen-bond acceptors (Lipinski definition) is 1. The van der Waals surface area contributed by atoms with Gasteiger partial charge in [0.25, 0.3) is 0 Å². The molecule has 2 rings (SSSR count). The van der Waals surface area contributed by atoms with Gasteiger partial charge in [-0.2, -0.15) is 0 Å². The zero-order chi connectivity index (χ0) is 13.9. The molecule has 0 amide bonds. The van der Waals surface area contributed by atoms with E-state index in [1.807, 2.05) is 12.1 Å². The fourth-order valence-corrected chi connectivity index (χ4v) is 3.50. The van der Waals surface area contributed by atoms with Crippen LogP contribution in [0, 0.1) is 11.3 Å². The molecule has 1 fully saturated rings. The van der Waals surface area contributed by atoms with Crippen LogP contribution in [-0.4, -0.2) is 6.04 Å². The van der Waals surface area contributed by atoms with Crippen molar-refractivity contribution in [3.05, 3.63) is 34.9 Å². The van der Waals surface area contributed by atoms with Crippen molar-refractivity contribution >= 4 is 11.6 Å². The standard InChI is InChI=1S/C17H26ClN/c1-17(2,3)14-9-5-7-11-16(14)19-12-13-8-4-6-10-15(13)18/h4,6,8,10,14,16,19H,5,7,9,11-12H2,1-3H3. The van der Waals surface area contributed by atoms with Gasteiger partial charge in [0.15, 0.2) is 0 Å². The van der Waals surface area contributed by atoms with Crippen LogP contribution in [-0.2, 0) is 6.54 Å². The van der Waals surface area contributed by atoms with E-state index in [9.17, 15) is 0 Å². The van der Waals surface area contributed by atoms with Crippen molar-refractivity contribution in [3.8, 4) is 0 Å². The van der Waals surface area contributed by atoms with Gasteiger partial charge in [0, 0.05) is 17.6 Å². The Bertz CT molecular complexity index is 408. The van der Waals surface area contributed by atoms with Gasteiger partial charge in [-0.3, -0.25) is 0 Å². The molecule has 0 aliphatic heterocycles. The van der Waals surface area contributed by atoms with Gasteiger partial charge in [-0.05, 0) is 35.8 Å². The van der Waals surface area contributed by atoms with E-state index in [1.165, 1.54) is 31.2 Å². The van der Waals surface area contributed by atoms with Crippen LogP contribution in [0.4, 0.5) is 0 Å². The van der Waals surface area contributed by atoms with Crippen LogP contribution in [0.1, 0.15) is 52.0 Å². The molecule has 1 aliphatic rings. The van der Waals surface area contributed by atoms with Crippen LogP contribution in [0.25, 0.3) is 0 Å². The number of nitrogens with one attached hydrogen (secondary N) is 1. The van der Waals surface area contributed by atoms with Crippen LogP contribution in [0.15, 0.2) is 24.3 Å². The number of rotatable bonds is 3. The van der Waals surface area contributed by atoms with Crippen LogP contribution in [0.5, 0.6) is 0 Å². The summed E-state index contributed by atoms with van der Waals surface area (Å²) in [6.07, 6.45) is 5.38. The molecule has 2 atom stereocenters. The minimum atomic E-state index is 0.387. The summed E-state index contributed by atoms with van der Waals surface area (Å²) >= 11 is 6.23. The first kappa shape index (κ1) is 14.9. The second-order valence-electron chi connectivity index (χ2n) is 6.84. The predicted octanol–water partition coefficient (Wildman–Crippen LogP) is 5.03. The summed E-state index contributed by atoms with van der Waals surface area (Å²) in [5, 5.41) is 4.62. The normalized spacial score (nSPS) is 24.4. The first-order valence-electron chi connectivity index (χ1n) is 7.45. The highest BCUT2D eigenvalue weighted by molar-refractivity contribution is 6.31. The van der Waals surface area contributed by atoms with Crippen LogP contribution in [0.2, 0.25) is 5.02 Å². The molecule has 0 bridgehead atoms. The highest BCUT2D eigenvalue weighted by Crippen LogP contribution is 2.38. The van der Waals surface area contributed by atoms with Crippen molar-refractivity contribution in [1.29, 1.82) is 0 Å². The van der Waals surface area contributed by atoms with Crippen molar-refractivity contribution in [2.24, 2.45) is 11.3 Å². The average Bonchev–Trinajstić information content (AvgIpc) is 2.37. The second kappa shape index (κ2) is 6.28. The minimum absolute atomic E-state index is 0.387. The molecule has 1 saturated carbocycles. The third kappa shape index (κ3) is 3.97. The first-order valence-corrected chi connectivity index (χ1v) is 7.83. The monoisotopic (exact) mass is 279 g/mol. The van der Waals surface area contributed by atoms with E-state index in [2.05, 4.69) is 38.2 Å². The highest BCUT2D eigenvalue weighted by Gasteiger charge is 2.33. The van der Waals surface area contributed by atoms with Crippen molar-refractivity contribution < 1.29 is 0 Å². The molecule has 0 radical (unpaired) electrons. The lowest BCUT2D eigenvalue weighted by atomic mass is 9.69. The molecule has 0 aromatic heterocycles. The molecular formula is C17H26ClN. The van der Waals surface area contributed by atoms with Gasteiger partial charge in [0.2, 0.25) is 0 Å². The maximum Gasteiger partial charge on any atom is 0.0450 e. The van der Waals surface area contributed by atoms with Gasteiger partial charge in [0.05, 0.1) is 0 Å². The Morgan fingerprint density at radius 3 is 2.53 bits per heavy atom. The summed E-state index contributed by atoms with van der Waals surface area (Å²) in [7, 11) is 0. The fourth-order valence-electron chi connectivity index (χ4n) is 3.29. The minimum Gasteiger partial charge on any atom is -0.310 e. The van der Waals surface area contributed by atoms with Gasteiger partial charge in [-0.1, -0.05) is 63.4 Å². The second-order valence-corrected chi connectivity index (χ2v) is 7.24. The Morgan fingerprint density at radius 2 is 1.84 bits per heavy atom. The summed E-state index contributed by atoms with van der Waals surface area (Å²) < 4.78 is 0. The fraction of sp³-hybridized carbons (Fsp3) is 0.647. The summed E-state index contributed by atoms with van der Waals surface area (Å²) in [5.41, 5.74) is 1.60. The molecule has 1 aromatic carbocycles. The molecule has 0 spiro atoms. The molecule has 2 heteroatoms. The summed E-state index contributed by atoms with van der Waals surface area (Å²) in [6.45, 7) is 7.99. The summed E-state index contributed by atoms with van der Waals surface area (Å²) in [5.74, 6) is 0.767. The first-order chi connectivity index (χ1) is 8.98. The Kier molecular flexibility index (Phi) is 4.92. The maximum atomic E-state index is 6.23. The van der Waals surface area contributed by atoms with E-state index in [0.29, 0.717) is 11.5 Å². The molecule has 0 saturated heterocycles. The van der Waals surface area contributed by atoms with E-state index >= 15 is 0 Å². The van der Waals surface area contributed by atoms with Gasteiger partial charge in [-0.15, -0.1) is 0 Å². The topological polar surface area (TPSA) is 12.0 Å². The molecule has 2 unspecified atom stereocenters. The van der Waals surface area contributed by atoms with Crippen LogP contribution < -0.4 is 5.32 Å². The van der Waals surface area contributed by atoms with Crippen molar-refractivity contribution in [2.45, 2.75) is 59.0 Å². The lowest BCUT2D eigenvalue weighted by Crippen LogP contribution is -2.43. The Hall–Kier alpha value is -0.530. The van der Waals surface area contributed by atoms with E-state index in [-0.39, 0.29) is 0 Å². The Morgan fingerprint density at radius 1 is 1.16 bits per heavy atom. The van der Waals surface area contributed by atoms with Gasteiger partial charge < -0.3 is 5.32 Å². The Labute approximate surface area is 122 Å². The van der Waals surface area contributed by atoms with Crippen molar-refractivity contribution in [3.63, 3.8) is 0 Å². The van der Waals surface area contributed by atoms with Gasteiger partial charge >= 0.3 is 0 Å². The average molecular weight is 280 g/mol. The van der Waals surface area contributed by atoms with E-state index in [0.717, 1.165) is 17.5 Å². The third-order valence-electron chi connectivity index (χ3n) is 4.39. The van der Waals surface area contributed by atoms with Crippen LogP contribution >= 0.6 is 11.6 Å². The van der Waals surface area contributed by atoms with Gasteiger partial charge in [0.1, 0.15) is 0 Å². The van der Waals surface area contributed by atoms with Crippen molar-refractivity contribution in [2.75, 3.05) is 0 Å². The number of benzene rings is 1. The zero-order valence-electron chi connectivity index (χ0n) is 12.4. The molecule has 19 heavy (non-hydrogen) atoms. The highest BCUT2D eigenvalue weighted by atomic mass is 35.5. The molecule has 1 aromatic rings. The quantitative estimate of drug-likeness (QED) is 0.818. The van der Waals surface area contributed by atoms with Crippen LogP contribution in [0.3, 0.4) is 0 Å². The third-order valence-corrected chi connectivity index (χ3v) is 4.76. The SMILES string of the molecule is CC(C)(C)C1CCCCC1NCc1ccccc1Cl.